The Hall–Kier alpha value is -1.20. The topological polar surface area (TPSA) is 44.8 Å². The van der Waals surface area contributed by atoms with E-state index in [4.69, 9.17) is 25.8 Å². The van der Waals surface area contributed by atoms with E-state index >= 15 is 0 Å². The molecule has 0 fully saturated rings. The van der Waals surface area contributed by atoms with Gasteiger partial charge in [-0.3, -0.25) is 0 Å². The SMILES string of the molecule is CCOC(=O)C(Br)=C(C)Oc1cccc(OC)c1Cl. The lowest BCUT2D eigenvalue weighted by atomic mass is 10.3. The van der Waals surface area contributed by atoms with Gasteiger partial charge in [0, 0.05) is 0 Å². The van der Waals surface area contributed by atoms with Gasteiger partial charge < -0.3 is 14.2 Å². The summed E-state index contributed by atoms with van der Waals surface area (Å²) in [7, 11) is 1.52. The molecule has 0 aromatic heterocycles. The third-order valence-corrected chi connectivity index (χ3v) is 3.43. The van der Waals surface area contributed by atoms with E-state index in [0.717, 1.165) is 0 Å². The number of esters is 1. The van der Waals surface area contributed by atoms with Crippen LogP contribution in [0.25, 0.3) is 0 Å². The molecule has 1 aromatic rings. The molecule has 0 aliphatic carbocycles. The molecule has 0 saturated heterocycles. The van der Waals surface area contributed by atoms with E-state index in [1.165, 1.54) is 7.11 Å². The molecule has 1 aromatic carbocycles. The number of hydrogen-bond acceptors (Lipinski definition) is 4. The zero-order chi connectivity index (χ0) is 14.4. The lowest BCUT2D eigenvalue weighted by molar-refractivity contribution is -0.137. The average molecular weight is 350 g/mol. The quantitative estimate of drug-likeness (QED) is 0.459. The summed E-state index contributed by atoms with van der Waals surface area (Å²) in [6.07, 6.45) is 0. The second kappa shape index (κ2) is 7.40. The van der Waals surface area contributed by atoms with E-state index in [1.54, 1.807) is 32.0 Å². The normalized spacial score (nSPS) is 11.6. The van der Waals surface area contributed by atoms with Gasteiger partial charge in [0.2, 0.25) is 0 Å². The van der Waals surface area contributed by atoms with Crippen molar-refractivity contribution in [2.24, 2.45) is 0 Å². The molecule has 0 aliphatic heterocycles. The Morgan fingerprint density at radius 3 is 2.58 bits per heavy atom. The van der Waals surface area contributed by atoms with Crippen molar-refractivity contribution in [2.75, 3.05) is 13.7 Å². The summed E-state index contributed by atoms with van der Waals surface area (Å²) < 4.78 is 15.7. The van der Waals surface area contributed by atoms with Crippen molar-refractivity contribution >= 4 is 33.5 Å². The Morgan fingerprint density at radius 1 is 1.37 bits per heavy atom. The van der Waals surface area contributed by atoms with Crippen molar-refractivity contribution in [1.82, 2.24) is 0 Å². The lowest BCUT2D eigenvalue weighted by Crippen LogP contribution is -2.07. The van der Waals surface area contributed by atoms with E-state index in [2.05, 4.69) is 15.9 Å². The predicted octanol–water partition coefficient (Wildman–Crippen LogP) is 3.92. The Kier molecular flexibility index (Phi) is 6.18. The first-order valence-electron chi connectivity index (χ1n) is 5.55. The highest BCUT2D eigenvalue weighted by Crippen LogP contribution is 2.35. The minimum Gasteiger partial charge on any atom is -0.495 e. The van der Waals surface area contributed by atoms with Crippen LogP contribution in [0.2, 0.25) is 5.02 Å². The van der Waals surface area contributed by atoms with Crippen LogP contribution >= 0.6 is 27.5 Å². The maximum Gasteiger partial charge on any atom is 0.348 e. The summed E-state index contributed by atoms with van der Waals surface area (Å²) >= 11 is 9.23. The molecule has 0 amide bonds. The molecule has 6 heteroatoms. The molecule has 0 N–H and O–H groups in total. The number of methoxy groups -OCH3 is 1. The molecule has 4 nitrogen and oxygen atoms in total. The summed E-state index contributed by atoms with van der Waals surface area (Å²) in [4.78, 5) is 11.5. The van der Waals surface area contributed by atoms with Crippen molar-refractivity contribution in [3.8, 4) is 11.5 Å². The van der Waals surface area contributed by atoms with Crippen LogP contribution < -0.4 is 9.47 Å². The first-order chi connectivity index (χ1) is 9.01. The molecule has 0 saturated carbocycles. The Balaban J connectivity index is 2.96. The van der Waals surface area contributed by atoms with Crippen molar-refractivity contribution in [3.05, 3.63) is 33.5 Å². The zero-order valence-electron chi connectivity index (χ0n) is 10.8. The molecule has 0 heterocycles. The summed E-state index contributed by atoms with van der Waals surface area (Å²) in [5.74, 6) is 0.770. The number of carbonyl (C=O) groups is 1. The fraction of sp³-hybridized carbons (Fsp3) is 0.308. The number of carbonyl (C=O) groups excluding carboxylic acids is 1. The Bertz CT molecular complexity index is 499. The molecule has 0 spiro atoms. The van der Waals surface area contributed by atoms with Crippen molar-refractivity contribution in [3.63, 3.8) is 0 Å². The predicted molar refractivity (Wildman–Crippen MR) is 76.9 cm³/mol. The van der Waals surface area contributed by atoms with E-state index in [1.807, 2.05) is 0 Å². The molecule has 104 valence electrons. The molecular formula is C13H14BrClO4. The first kappa shape index (κ1) is 15.9. The second-order valence-electron chi connectivity index (χ2n) is 3.47. The number of ether oxygens (including phenoxy) is 3. The minimum atomic E-state index is -0.487. The summed E-state index contributed by atoms with van der Waals surface area (Å²) in [5, 5.41) is 0.341. The largest absolute Gasteiger partial charge is 0.495 e. The maximum atomic E-state index is 11.5. The number of halogens is 2. The third-order valence-electron chi connectivity index (χ3n) is 2.17. The highest BCUT2D eigenvalue weighted by atomic mass is 79.9. The molecular weight excluding hydrogens is 335 g/mol. The molecule has 0 bridgehead atoms. The number of benzene rings is 1. The minimum absolute atomic E-state index is 0.216. The fourth-order valence-electron chi connectivity index (χ4n) is 1.28. The van der Waals surface area contributed by atoms with Crippen LogP contribution in [0, 0.1) is 0 Å². The molecule has 0 unspecified atom stereocenters. The van der Waals surface area contributed by atoms with Gasteiger partial charge in [0.1, 0.15) is 26.8 Å². The van der Waals surface area contributed by atoms with Crippen molar-refractivity contribution in [2.45, 2.75) is 13.8 Å². The van der Waals surface area contributed by atoms with Crippen LogP contribution in [-0.4, -0.2) is 19.7 Å². The maximum absolute atomic E-state index is 11.5. The van der Waals surface area contributed by atoms with Crippen molar-refractivity contribution in [1.29, 1.82) is 0 Å². The van der Waals surface area contributed by atoms with Crippen LogP contribution in [-0.2, 0) is 9.53 Å². The lowest BCUT2D eigenvalue weighted by Gasteiger charge is -2.11. The van der Waals surface area contributed by atoms with Gasteiger partial charge >= 0.3 is 5.97 Å². The van der Waals surface area contributed by atoms with Crippen LogP contribution in [0.3, 0.4) is 0 Å². The average Bonchev–Trinajstić information content (AvgIpc) is 2.40. The molecule has 19 heavy (non-hydrogen) atoms. The number of allylic oxidation sites excluding steroid dienone is 1. The van der Waals surface area contributed by atoms with E-state index in [9.17, 15) is 4.79 Å². The summed E-state index contributed by atoms with van der Waals surface area (Å²) in [6.45, 7) is 3.66. The molecule has 1 rings (SSSR count). The van der Waals surface area contributed by atoms with Gasteiger partial charge in [-0.1, -0.05) is 17.7 Å². The molecule has 0 atom stereocenters. The van der Waals surface area contributed by atoms with Crippen molar-refractivity contribution < 1.29 is 19.0 Å². The van der Waals surface area contributed by atoms with E-state index in [-0.39, 0.29) is 4.48 Å². The Morgan fingerprint density at radius 2 is 2.00 bits per heavy atom. The van der Waals surface area contributed by atoms with E-state index < -0.39 is 5.97 Å². The van der Waals surface area contributed by atoms with Gasteiger partial charge in [-0.05, 0) is 41.9 Å². The molecule has 0 radical (unpaired) electrons. The van der Waals surface area contributed by atoms with E-state index in [0.29, 0.717) is 28.9 Å². The molecule has 0 aliphatic rings. The summed E-state index contributed by atoms with van der Waals surface area (Å²) in [6, 6.07) is 5.14. The van der Waals surface area contributed by atoms with Crippen LogP contribution in [0.1, 0.15) is 13.8 Å². The standard InChI is InChI=1S/C13H14BrClO4/c1-4-18-13(16)11(14)8(2)19-10-7-5-6-9(17-3)12(10)15/h5-7H,4H2,1-3H3. The van der Waals surface area contributed by atoms with Gasteiger partial charge in [0.25, 0.3) is 0 Å². The third kappa shape index (κ3) is 4.14. The first-order valence-corrected chi connectivity index (χ1v) is 6.72. The highest BCUT2D eigenvalue weighted by Gasteiger charge is 2.14. The number of rotatable bonds is 5. The monoisotopic (exact) mass is 348 g/mol. The Labute approximate surface area is 125 Å². The van der Waals surface area contributed by atoms with Crippen LogP contribution in [0.5, 0.6) is 11.5 Å². The number of hydrogen-bond donors (Lipinski definition) is 0. The van der Waals surface area contributed by atoms with Gasteiger partial charge in [-0.15, -0.1) is 0 Å². The van der Waals surface area contributed by atoms with Gasteiger partial charge in [0.15, 0.2) is 0 Å². The fourth-order valence-corrected chi connectivity index (χ4v) is 1.71. The van der Waals surface area contributed by atoms with Gasteiger partial charge in [-0.25, -0.2) is 4.79 Å². The van der Waals surface area contributed by atoms with Crippen LogP contribution in [0.15, 0.2) is 28.4 Å². The van der Waals surface area contributed by atoms with Gasteiger partial charge in [0.05, 0.1) is 13.7 Å². The zero-order valence-corrected chi connectivity index (χ0v) is 13.2. The van der Waals surface area contributed by atoms with Gasteiger partial charge in [-0.2, -0.15) is 0 Å². The second-order valence-corrected chi connectivity index (χ2v) is 4.64. The summed E-state index contributed by atoms with van der Waals surface area (Å²) in [5.41, 5.74) is 0. The smallest absolute Gasteiger partial charge is 0.348 e. The van der Waals surface area contributed by atoms with Crippen LogP contribution in [0.4, 0.5) is 0 Å². The highest BCUT2D eigenvalue weighted by molar-refractivity contribution is 9.12.